The standard InChI is InChI=1S/C18H18F3N5/c1-2-26(14-4-3-13(10-22)16(9-14)18(19,20)21)15-6-8-25(11-15)17-5-7-23-12-24-17/h3-5,7,9,12,15H,2,6,8,11H2,1H3/t15-/m0/s1. The number of anilines is 2. The van der Waals surface area contributed by atoms with Crippen LogP contribution in [0.4, 0.5) is 24.7 Å². The van der Waals surface area contributed by atoms with Gasteiger partial charge < -0.3 is 9.80 Å². The Hall–Kier alpha value is -2.82. The summed E-state index contributed by atoms with van der Waals surface area (Å²) in [5.74, 6) is 0.814. The molecule has 1 saturated heterocycles. The Morgan fingerprint density at radius 1 is 1.35 bits per heavy atom. The number of hydrogen-bond donors (Lipinski definition) is 0. The number of alkyl halides is 3. The van der Waals surface area contributed by atoms with Gasteiger partial charge in [-0.3, -0.25) is 0 Å². The van der Waals surface area contributed by atoms with Crippen molar-refractivity contribution in [3.05, 3.63) is 47.9 Å². The predicted octanol–water partition coefficient (Wildman–Crippen LogP) is 3.47. The molecule has 0 saturated carbocycles. The maximum Gasteiger partial charge on any atom is 0.417 e. The van der Waals surface area contributed by atoms with Gasteiger partial charge in [0.05, 0.1) is 17.2 Å². The maximum absolute atomic E-state index is 13.3. The molecule has 0 N–H and O–H groups in total. The van der Waals surface area contributed by atoms with E-state index in [2.05, 4.69) is 14.9 Å². The molecule has 2 aromatic rings. The second-order valence-electron chi connectivity index (χ2n) is 6.08. The fourth-order valence-electron chi connectivity index (χ4n) is 3.37. The highest BCUT2D eigenvalue weighted by Crippen LogP contribution is 2.35. The van der Waals surface area contributed by atoms with Crippen LogP contribution in [0.1, 0.15) is 24.5 Å². The molecule has 0 amide bonds. The Labute approximate surface area is 149 Å². The van der Waals surface area contributed by atoms with Gasteiger partial charge in [-0.1, -0.05) is 0 Å². The lowest BCUT2D eigenvalue weighted by Crippen LogP contribution is -2.38. The molecule has 2 heterocycles. The first kappa shape index (κ1) is 18.0. The fraction of sp³-hybridized carbons (Fsp3) is 0.389. The van der Waals surface area contributed by atoms with Crippen molar-refractivity contribution in [1.82, 2.24) is 9.97 Å². The number of rotatable bonds is 4. The van der Waals surface area contributed by atoms with E-state index in [0.29, 0.717) is 18.8 Å². The number of halogens is 3. The molecule has 8 heteroatoms. The van der Waals surface area contributed by atoms with E-state index in [4.69, 9.17) is 5.26 Å². The maximum atomic E-state index is 13.3. The molecular formula is C18H18F3N5. The number of nitriles is 1. The zero-order valence-corrected chi connectivity index (χ0v) is 14.2. The molecule has 0 aliphatic carbocycles. The summed E-state index contributed by atoms with van der Waals surface area (Å²) in [6.45, 7) is 3.94. The Morgan fingerprint density at radius 3 is 2.77 bits per heavy atom. The van der Waals surface area contributed by atoms with Gasteiger partial charge in [0.25, 0.3) is 0 Å². The zero-order chi connectivity index (χ0) is 18.7. The van der Waals surface area contributed by atoms with E-state index in [1.807, 2.05) is 17.9 Å². The molecule has 1 aliphatic rings. The molecule has 26 heavy (non-hydrogen) atoms. The first-order valence-electron chi connectivity index (χ1n) is 8.33. The highest BCUT2D eigenvalue weighted by Gasteiger charge is 2.35. The van der Waals surface area contributed by atoms with Crippen molar-refractivity contribution in [1.29, 1.82) is 5.26 Å². The summed E-state index contributed by atoms with van der Waals surface area (Å²) in [7, 11) is 0. The van der Waals surface area contributed by atoms with Gasteiger partial charge in [-0.25, -0.2) is 9.97 Å². The van der Waals surface area contributed by atoms with Gasteiger partial charge in [-0.2, -0.15) is 18.4 Å². The molecule has 1 atom stereocenters. The average Bonchev–Trinajstić information content (AvgIpc) is 3.12. The minimum Gasteiger partial charge on any atom is -0.367 e. The lowest BCUT2D eigenvalue weighted by Gasteiger charge is -2.31. The number of likely N-dealkylation sites (N-methyl/N-ethyl adjacent to an activating group) is 1. The lowest BCUT2D eigenvalue weighted by atomic mass is 10.1. The van der Waals surface area contributed by atoms with Crippen molar-refractivity contribution < 1.29 is 13.2 Å². The number of aromatic nitrogens is 2. The summed E-state index contributed by atoms with van der Waals surface area (Å²) in [5.41, 5.74) is -0.763. The van der Waals surface area contributed by atoms with Gasteiger partial charge >= 0.3 is 6.18 Å². The van der Waals surface area contributed by atoms with Gasteiger partial charge in [0.1, 0.15) is 12.1 Å². The van der Waals surface area contributed by atoms with E-state index < -0.39 is 11.7 Å². The third-order valence-electron chi connectivity index (χ3n) is 4.60. The van der Waals surface area contributed by atoms with Crippen LogP contribution in [-0.4, -0.2) is 35.6 Å². The molecule has 0 radical (unpaired) electrons. The fourth-order valence-corrected chi connectivity index (χ4v) is 3.37. The van der Waals surface area contributed by atoms with Crippen LogP contribution in [0.2, 0.25) is 0 Å². The summed E-state index contributed by atoms with van der Waals surface area (Å²) < 4.78 is 39.8. The Bertz CT molecular complexity index is 801. The molecule has 1 aromatic carbocycles. The van der Waals surface area contributed by atoms with Crippen molar-refractivity contribution in [3.8, 4) is 6.07 Å². The summed E-state index contributed by atoms with van der Waals surface area (Å²) in [6.07, 6.45) is -0.581. The van der Waals surface area contributed by atoms with Crippen molar-refractivity contribution in [2.75, 3.05) is 29.4 Å². The molecule has 5 nitrogen and oxygen atoms in total. The van der Waals surface area contributed by atoms with E-state index in [1.54, 1.807) is 18.3 Å². The van der Waals surface area contributed by atoms with Gasteiger partial charge in [-0.15, -0.1) is 0 Å². The minimum atomic E-state index is -4.55. The van der Waals surface area contributed by atoms with Crippen molar-refractivity contribution in [2.24, 2.45) is 0 Å². The van der Waals surface area contributed by atoms with E-state index in [9.17, 15) is 13.2 Å². The van der Waals surface area contributed by atoms with Gasteiger partial charge in [0.2, 0.25) is 0 Å². The largest absolute Gasteiger partial charge is 0.417 e. The summed E-state index contributed by atoms with van der Waals surface area (Å²) >= 11 is 0. The monoisotopic (exact) mass is 361 g/mol. The first-order chi connectivity index (χ1) is 12.4. The smallest absolute Gasteiger partial charge is 0.367 e. The highest BCUT2D eigenvalue weighted by molar-refractivity contribution is 5.56. The van der Waals surface area contributed by atoms with E-state index in [0.717, 1.165) is 24.8 Å². The van der Waals surface area contributed by atoms with Crippen molar-refractivity contribution in [2.45, 2.75) is 25.6 Å². The SMILES string of the molecule is CCN(c1ccc(C#N)c(C(F)(F)F)c1)[C@H]1CCN(c2ccncn2)C1. The van der Waals surface area contributed by atoms with E-state index in [-0.39, 0.29) is 11.6 Å². The van der Waals surface area contributed by atoms with Crippen LogP contribution in [0.3, 0.4) is 0 Å². The van der Waals surface area contributed by atoms with Crippen molar-refractivity contribution >= 4 is 11.5 Å². The third-order valence-corrected chi connectivity index (χ3v) is 4.60. The van der Waals surface area contributed by atoms with Crippen LogP contribution in [0.25, 0.3) is 0 Å². The van der Waals surface area contributed by atoms with E-state index in [1.165, 1.54) is 12.4 Å². The molecule has 1 aliphatic heterocycles. The first-order valence-corrected chi connectivity index (χ1v) is 8.33. The summed E-state index contributed by atoms with van der Waals surface area (Å²) in [4.78, 5) is 12.2. The third kappa shape index (κ3) is 3.57. The molecule has 136 valence electrons. The van der Waals surface area contributed by atoms with Crippen LogP contribution >= 0.6 is 0 Å². The Balaban J connectivity index is 1.85. The average molecular weight is 361 g/mol. The van der Waals surface area contributed by atoms with Gasteiger partial charge in [0, 0.05) is 37.6 Å². The number of benzene rings is 1. The summed E-state index contributed by atoms with van der Waals surface area (Å²) in [5, 5.41) is 8.96. The Morgan fingerprint density at radius 2 is 2.15 bits per heavy atom. The van der Waals surface area contributed by atoms with Crippen molar-refractivity contribution in [3.63, 3.8) is 0 Å². The topological polar surface area (TPSA) is 56.1 Å². The zero-order valence-electron chi connectivity index (χ0n) is 14.2. The molecule has 0 bridgehead atoms. The van der Waals surface area contributed by atoms with Crippen LogP contribution in [0.5, 0.6) is 0 Å². The van der Waals surface area contributed by atoms with Crippen LogP contribution in [-0.2, 0) is 6.18 Å². The molecule has 0 unspecified atom stereocenters. The second-order valence-corrected chi connectivity index (χ2v) is 6.08. The summed E-state index contributed by atoms with van der Waals surface area (Å²) in [6, 6.07) is 7.43. The van der Waals surface area contributed by atoms with E-state index >= 15 is 0 Å². The highest BCUT2D eigenvalue weighted by atomic mass is 19.4. The van der Waals surface area contributed by atoms with Crippen LogP contribution in [0.15, 0.2) is 36.8 Å². The van der Waals surface area contributed by atoms with Gasteiger partial charge in [-0.05, 0) is 37.6 Å². The molecule has 0 spiro atoms. The van der Waals surface area contributed by atoms with Crippen LogP contribution in [0, 0.1) is 11.3 Å². The quantitative estimate of drug-likeness (QED) is 0.835. The number of nitrogens with zero attached hydrogens (tertiary/aromatic N) is 5. The predicted molar refractivity (Wildman–Crippen MR) is 91.8 cm³/mol. The second kappa shape index (κ2) is 7.20. The van der Waals surface area contributed by atoms with Crippen LogP contribution < -0.4 is 9.80 Å². The Kier molecular flexibility index (Phi) is 4.98. The normalized spacial score (nSPS) is 17.2. The number of hydrogen-bond acceptors (Lipinski definition) is 5. The molecular weight excluding hydrogens is 343 g/mol. The molecule has 1 aromatic heterocycles. The molecule has 1 fully saturated rings. The van der Waals surface area contributed by atoms with Gasteiger partial charge in [0.15, 0.2) is 0 Å². The molecule has 3 rings (SSSR count). The minimum absolute atomic E-state index is 0.0731. The lowest BCUT2D eigenvalue weighted by molar-refractivity contribution is -0.137.